The summed E-state index contributed by atoms with van der Waals surface area (Å²) in [6, 6.07) is 11.4. The van der Waals surface area contributed by atoms with Crippen LogP contribution in [0.15, 0.2) is 41.5 Å². The first-order valence-electron chi connectivity index (χ1n) is 20.9. The lowest BCUT2D eigenvalue weighted by atomic mass is 9.49. The van der Waals surface area contributed by atoms with E-state index in [1.165, 1.54) is 49.9 Å². The minimum absolute atomic E-state index is 0.257. The molecule has 4 saturated carbocycles. The van der Waals surface area contributed by atoms with Crippen LogP contribution in [0.4, 0.5) is 16.8 Å². The molecule has 1 aromatic carbocycles. The SMILES string of the molecule is CCOC(=O)c1nc(N(CCCOC)c2cc(C)c(/N=c3\sc4ccccc4n3COCC[Si](C)(C)C)nn2)sc1-c1cnn(CC23CC4CC(CC(C4)C2)C3)c1C. The van der Waals surface area contributed by atoms with Gasteiger partial charge in [-0.3, -0.25) is 9.25 Å². The number of methoxy groups -OCH3 is 1. The number of ether oxygens (including phenoxy) is 3. The fourth-order valence-corrected chi connectivity index (χ4v) is 12.7. The largest absolute Gasteiger partial charge is 0.461 e. The number of fused-ring (bicyclic) bond motifs is 1. The minimum atomic E-state index is -1.22. The summed E-state index contributed by atoms with van der Waals surface area (Å²) in [6.45, 7) is 16.5. The van der Waals surface area contributed by atoms with Crippen molar-refractivity contribution in [1.82, 2.24) is 29.5 Å². The number of hydrogen-bond acceptors (Lipinski definition) is 12. The second kappa shape index (κ2) is 17.1. The number of rotatable bonds is 17. The zero-order chi connectivity index (χ0) is 40.6. The van der Waals surface area contributed by atoms with Gasteiger partial charge in [0.25, 0.3) is 0 Å². The molecular formula is C43H58N8O4S2Si. The molecule has 12 nitrogen and oxygen atoms in total. The first-order valence-corrected chi connectivity index (χ1v) is 26.3. The summed E-state index contributed by atoms with van der Waals surface area (Å²) >= 11 is 3.08. The Labute approximate surface area is 350 Å². The Morgan fingerprint density at radius 3 is 2.47 bits per heavy atom. The average Bonchev–Trinajstić information content (AvgIpc) is 3.87. The van der Waals surface area contributed by atoms with Gasteiger partial charge in [-0.2, -0.15) is 10.1 Å². The van der Waals surface area contributed by atoms with Gasteiger partial charge in [0.2, 0.25) is 0 Å². The molecule has 0 spiro atoms. The molecule has 4 aliphatic rings. The predicted molar refractivity (Wildman–Crippen MR) is 234 cm³/mol. The first kappa shape index (κ1) is 41.0. The smallest absolute Gasteiger partial charge is 0.358 e. The molecule has 9 rings (SSSR count). The highest BCUT2D eigenvalue weighted by molar-refractivity contribution is 7.19. The molecule has 4 heterocycles. The van der Waals surface area contributed by atoms with Crippen LogP contribution in [-0.4, -0.2) is 77.0 Å². The zero-order valence-corrected chi connectivity index (χ0v) is 37.8. The lowest BCUT2D eigenvalue weighted by Crippen LogP contribution is -2.48. The predicted octanol–water partition coefficient (Wildman–Crippen LogP) is 9.54. The Bertz CT molecular complexity index is 2290. The number of esters is 1. The molecule has 0 unspecified atom stereocenters. The fourth-order valence-electron chi connectivity index (χ4n) is 9.81. The molecule has 4 aromatic heterocycles. The molecule has 4 bridgehead atoms. The maximum atomic E-state index is 13.6. The molecule has 58 heavy (non-hydrogen) atoms. The standard InChI is InChI=1S/C43H58N8O4S2Si/c1-8-55-40(52)37-38(33-25-44-51(29(33)3)26-43-22-30-19-31(23-43)21-32(20-30)24-43)57-41(45-37)49(14-11-15-53-4)36-18-28(2)39(48-47-36)46-42-50(27-54-16-17-58(5,6)7)34-12-9-10-13-35(34)56-42/h9-10,12-13,18,25,30-32H,8,11,14-17,19-24,26-27H2,1-7H3/b46-42-. The van der Waals surface area contributed by atoms with Gasteiger partial charge in [-0.05, 0) is 119 Å². The molecule has 0 atom stereocenters. The van der Waals surface area contributed by atoms with E-state index in [4.69, 9.17) is 34.4 Å². The number of carbonyl (C=O) groups is 1. The van der Waals surface area contributed by atoms with Gasteiger partial charge in [0.15, 0.2) is 27.3 Å². The van der Waals surface area contributed by atoms with Gasteiger partial charge in [-0.25, -0.2) is 9.78 Å². The van der Waals surface area contributed by atoms with Gasteiger partial charge in [-0.15, -0.1) is 10.2 Å². The van der Waals surface area contributed by atoms with Crippen molar-refractivity contribution in [2.24, 2.45) is 28.2 Å². The highest BCUT2D eigenvalue weighted by Gasteiger charge is 2.51. The van der Waals surface area contributed by atoms with Gasteiger partial charge in [-0.1, -0.05) is 54.4 Å². The molecule has 5 aromatic rings. The van der Waals surface area contributed by atoms with Crippen LogP contribution in [0.2, 0.25) is 25.7 Å². The number of thiazole rings is 2. The minimum Gasteiger partial charge on any atom is -0.461 e. The van der Waals surface area contributed by atoms with E-state index in [-0.39, 0.29) is 6.61 Å². The number of nitrogens with zero attached hydrogens (tertiary/aromatic N) is 8. The zero-order valence-electron chi connectivity index (χ0n) is 35.1. The van der Waals surface area contributed by atoms with E-state index in [0.717, 1.165) is 73.7 Å². The maximum absolute atomic E-state index is 13.6. The number of hydrogen-bond donors (Lipinski definition) is 0. The van der Waals surface area contributed by atoms with Gasteiger partial charge in [0.05, 0.1) is 27.9 Å². The molecule has 0 radical (unpaired) electrons. The van der Waals surface area contributed by atoms with Gasteiger partial charge >= 0.3 is 5.97 Å². The molecule has 15 heteroatoms. The molecule has 310 valence electrons. The summed E-state index contributed by atoms with van der Waals surface area (Å²) in [5, 5.41) is 15.0. The average molecular weight is 843 g/mol. The summed E-state index contributed by atoms with van der Waals surface area (Å²) in [4.78, 5) is 27.2. The highest BCUT2D eigenvalue weighted by atomic mass is 32.1. The van der Waals surface area contributed by atoms with Crippen LogP contribution in [0, 0.1) is 37.0 Å². The van der Waals surface area contributed by atoms with Crippen molar-refractivity contribution in [3.8, 4) is 10.4 Å². The van der Waals surface area contributed by atoms with Crippen LogP contribution in [0.5, 0.6) is 0 Å². The van der Waals surface area contributed by atoms with E-state index >= 15 is 0 Å². The second-order valence-corrected chi connectivity index (χ2v) is 25.7. The fraction of sp³-hybridized carbons (Fsp3) is 0.581. The molecular weight excluding hydrogens is 785 g/mol. The molecule has 0 amide bonds. The highest BCUT2D eigenvalue weighted by Crippen LogP contribution is 2.60. The van der Waals surface area contributed by atoms with Crippen LogP contribution in [0.3, 0.4) is 0 Å². The molecule has 0 aliphatic heterocycles. The van der Waals surface area contributed by atoms with Crippen LogP contribution in [0.25, 0.3) is 20.7 Å². The van der Waals surface area contributed by atoms with Gasteiger partial charge in [0, 0.05) is 52.7 Å². The number of aryl methyl sites for hydroxylation is 1. The third-order valence-electron chi connectivity index (χ3n) is 12.3. The molecule has 4 fully saturated rings. The topological polar surface area (TPSA) is 122 Å². The maximum Gasteiger partial charge on any atom is 0.358 e. The Morgan fingerprint density at radius 1 is 1.03 bits per heavy atom. The van der Waals surface area contributed by atoms with E-state index in [2.05, 4.69) is 53.0 Å². The summed E-state index contributed by atoms with van der Waals surface area (Å²) in [5.41, 5.74) is 4.56. The normalized spacial score (nSPS) is 21.7. The van der Waals surface area contributed by atoms with E-state index in [1.807, 2.05) is 43.1 Å². The van der Waals surface area contributed by atoms with Crippen molar-refractivity contribution in [1.29, 1.82) is 0 Å². The quantitative estimate of drug-likeness (QED) is 0.0512. The number of benzene rings is 1. The van der Waals surface area contributed by atoms with Crippen molar-refractivity contribution in [3.63, 3.8) is 0 Å². The van der Waals surface area contributed by atoms with Crippen LogP contribution >= 0.6 is 22.7 Å². The van der Waals surface area contributed by atoms with Crippen molar-refractivity contribution in [2.75, 3.05) is 38.4 Å². The molecule has 4 aliphatic carbocycles. The summed E-state index contributed by atoms with van der Waals surface area (Å²) in [7, 11) is 0.478. The van der Waals surface area contributed by atoms with E-state index < -0.39 is 14.0 Å². The lowest BCUT2D eigenvalue weighted by Gasteiger charge is -2.56. The Balaban J connectivity index is 1.11. The van der Waals surface area contributed by atoms with Crippen LogP contribution in [0.1, 0.15) is 73.6 Å². The van der Waals surface area contributed by atoms with Gasteiger partial charge < -0.3 is 19.1 Å². The third kappa shape index (κ3) is 8.74. The lowest BCUT2D eigenvalue weighted by molar-refractivity contribution is -0.0638. The monoisotopic (exact) mass is 842 g/mol. The van der Waals surface area contributed by atoms with E-state index in [0.29, 0.717) is 54.2 Å². The second-order valence-electron chi connectivity index (χ2n) is 18.1. The number of para-hydroxylation sites is 1. The third-order valence-corrected chi connectivity index (χ3v) is 16.1. The Morgan fingerprint density at radius 2 is 1.78 bits per heavy atom. The van der Waals surface area contributed by atoms with Crippen LogP contribution in [-0.2, 0) is 27.5 Å². The summed E-state index contributed by atoms with van der Waals surface area (Å²) < 4.78 is 22.7. The summed E-state index contributed by atoms with van der Waals surface area (Å²) in [6.07, 6.45) is 10.8. The molecule has 0 saturated heterocycles. The number of anilines is 2. The number of carbonyl (C=O) groups excluding carboxylic acids is 1. The molecule has 0 N–H and O–H groups in total. The van der Waals surface area contributed by atoms with Crippen molar-refractivity contribution < 1.29 is 19.0 Å². The Hall–Kier alpha value is -3.76. The van der Waals surface area contributed by atoms with Crippen molar-refractivity contribution in [2.45, 2.75) is 105 Å². The number of aromatic nitrogens is 6. The van der Waals surface area contributed by atoms with Gasteiger partial charge in [0.1, 0.15) is 6.73 Å². The van der Waals surface area contributed by atoms with Crippen LogP contribution < -0.4 is 9.70 Å². The van der Waals surface area contributed by atoms with E-state index in [1.54, 1.807) is 18.4 Å². The Kier molecular flexibility index (Phi) is 12.1. The van der Waals surface area contributed by atoms with Crippen molar-refractivity contribution in [3.05, 3.63) is 58.3 Å². The summed E-state index contributed by atoms with van der Waals surface area (Å²) in [5.74, 6) is 3.33. The first-order chi connectivity index (χ1) is 27.9. The van der Waals surface area contributed by atoms with E-state index in [9.17, 15) is 4.79 Å². The van der Waals surface area contributed by atoms with Crippen molar-refractivity contribution >= 4 is 63.7 Å².